The van der Waals surface area contributed by atoms with Gasteiger partial charge in [0.25, 0.3) is 0 Å². The van der Waals surface area contributed by atoms with Crippen molar-refractivity contribution in [3.63, 3.8) is 0 Å². The molecule has 2 aromatic rings. The third-order valence-electron chi connectivity index (χ3n) is 4.02. The van der Waals surface area contributed by atoms with Crippen molar-refractivity contribution < 1.29 is 9.84 Å². The van der Waals surface area contributed by atoms with Gasteiger partial charge < -0.3 is 9.84 Å². The molecule has 0 saturated carbocycles. The van der Waals surface area contributed by atoms with Gasteiger partial charge in [0.2, 0.25) is 0 Å². The van der Waals surface area contributed by atoms with Crippen LogP contribution in [0.25, 0.3) is 0 Å². The summed E-state index contributed by atoms with van der Waals surface area (Å²) in [6.07, 6.45) is 5.38. The van der Waals surface area contributed by atoms with E-state index in [0.717, 1.165) is 17.7 Å². The first-order valence-electron chi connectivity index (χ1n) is 8.55. The van der Waals surface area contributed by atoms with Gasteiger partial charge in [0, 0.05) is 6.42 Å². The van der Waals surface area contributed by atoms with Gasteiger partial charge in [-0.3, -0.25) is 0 Å². The molecule has 0 radical (unpaired) electrons. The number of ether oxygens (including phenoxy) is 1. The fourth-order valence-corrected chi connectivity index (χ4v) is 2.83. The van der Waals surface area contributed by atoms with Crippen LogP contribution >= 0.6 is 0 Å². The predicted molar refractivity (Wildman–Crippen MR) is 96.2 cm³/mol. The van der Waals surface area contributed by atoms with Crippen LogP contribution in [-0.4, -0.2) is 10.7 Å². The van der Waals surface area contributed by atoms with Crippen LogP contribution in [0.4, 0.5) is 0 Å². The molecule has 2 nitrogen and oxygen atoms in total. The van der Waals surface area contributed by atoms with Gasteiger partial charge in [-0.2, -0.15) is 0 Å². The topological polar surface area (TPSA) is 29.5 Å². The first-order chi connectivity index (χ1) is 11.0. The molecule has 0 atom stereocenters. The number of hydrogen-bond donors (Lipinski definition) is 1. The molecule has 0 heterocycles. The number of aromatic hydroxyl groups is 1. The zero-order valence-electron chi connectivity index (χ0n) is 14.5. The summed E-state index contributed by atoms with van der Waals surface area (Å²) < 4.78 is 6.31. The largest absolute Gasteiger partial charge is 0.508 e. The number of hydrogen-bond acceptors (Lipinski definition) is 2. The Morgan fingerprint density at radius 1 is 0.913 bits per heavy atom. The van der Waals surface area contributed by atoms with Gasteiger partial charge in [-0.05, 0) is 49.9 Å². The normalized spacial score (nSPS) is 11.4. The Kier molecular flexibility index (Phi) is 6.09. The molecule has 0 amide bonds. The number of phenols is 1. The van der Waals surface area contributed by atoms with E-state index < -0.39 is 0 Å². The number of phenolic OH excluding ortho intramolecular Hbond substituents is 1. The number of para-hydroxylation sites is 2. The van der Waals surface area contributed by atoms with Gasteiger partial charge in [0.15, 0.2) is 0 Å². The average molecular weight is 312 g/mol. The Hall–Kier alpha value is -1.96. The Morgan fingerprint density at radius 2 is 1.57 bits per heavy atom. The van der Waals surface area contributed by atoms with Crippen LogP contribution in [0.15, 0.2) is 48.5 Å². The van der Waals surface area contributed by atoms with E-state index in [2.05, 4.69) is 32.9 Å². The molecule has 23 heavy (non-hydrogen) atoms. The van der Waals surface area contributed by atoms with Crippen molar-refractivity contribution >= 4 is 0 Å². The summed E-state index contributed by atoms with van der Waals surface area (Å²) in [4.78, 5) is 0. The molecular weight excluding hydrogens is 284 g/mol. The molecule has 2 aromatic carbocycles. The maximum Gasteiger partial charge on any atom is 0.123 e. The third kappa shape index (κ3) is 5.31. The van der Waals surface area contributed by atoms with Gasteiger partial charge in [-0.25, -0.2) is 0 Å². The molecule has 0 fully saturated rings. The molecule has 2 rings (SSSR count). The standard InChI is InChI=1S/C21H28O2/c1-4-5-6-11-17-12-8-10-15-20(17)23-21(2,3)16-18-13-7-9-14-19(18)22/h7-10,12-15,22H,4-6,11,16H2,1-3H3. The minimum absolute atomic E-state index is 0.334. The highest BCUT2D eigenvalue weighted by Gasteiger charge is 2.23. The molecule has 0 bridgehead atoms. The number of rotatable bonds is 8. The van der Waals surface area contributed by atoms with E-state index in [1.807, 2.05) is 30.3 Å². The van der Waals surface area contributed by atoms with E-state index in [-0.39, 0.29) is 5.60 Å². The van der Waals surface area contributed by atoms with E-state index in [1.165, 1.54) is 24.8 Å². The van der Waals surface area contributed by atoms with Gasteiger partial charge in [-0.1, -0.05) is 56.2 Å². The molecule has 0 spiro atoms. The highest BCUT2D eigenvalue weighted by atomic mass is 16.5. The van der Waals surface area contributed by atoms with Crippen LogP contribution in [0.3, 0.4) is 0 Å². The van der Waals surface area contributed by atoms with Crippen LogP contribution in [0.1, 0.15) is 51.2 Å². The summed E-state index contributed by atoms with van der Waals surface area (Å²) in [7, 11) is 0. The Labute approximate surface area is 140 Å². The zero-order valence-corrected chi connectivity index (χ0v) is 14.5. The van der Waals surface area contributed by atoms with Crippen molar-refractivity contribution in [1.82, 2.24) is 0 Å². The van der Waals surface area contributed by atoms with E-state index in [1.54, 1.807) is 6.07 Å². The first-order valence-corrected chi connectivity index (χ1v) is 8.55. The smallest absolute Gasteiger partial charge is 0.123 e. The summed E-state index contributed by atoms with van der Waals surface area (Å²) in [5.74, 6) is 1.30. The second kappa shape index (κ2) is 8.05. The minimum atomic E-state index is -0.375. The molecule has 2 heteroatoms. The van der Waals surface area contributed by atoms with Crippen LogP contribution in [-0.2, 0) is 12.8 Å². The van der Waals surface area contributed by atoms with E-state index >= 15 is 0 Å². The summed E-state index contributed by atoms with van der Waals surface area (Å²) in [6.45, 7) is 6.36. The molecule has 0 aliphatic carbocycles. The molecule has 0 saturated heterocycles. The number of benzene rings is 2. The van der Waals surface area contributed by atoms with Gasteiger partial charge >= 0.3 is 0 Å². The Bertz CT molecular complexity index is 617. The average Bonchev–Trinajstić information content (AvgIpc) is 2.51. The van der Waals surface area contributed by atoms with Gasteiger partial charge in [0.1, 0.15) is 17.1 Å². The lowest BCUT2D eigenvalue weighted by Crippen LogP contribution is -2.31. The number of unbranched alkanes of at least 4 members (excludes halogenated alkanes) is 2. The fraction of sp³-hybridized carbons (Fsp3) is 0.429. The van der Waals surface area contributed by atoms with E-state index in [4.69, 9.17) is 4.74 Å². The molecule has 0 aliphatic rings. The summed E-state index contributed by atoms with van der Waals surface area (Å²) in [5, 5.41) is 9.98. The Morgan fingerprint density at radius 3 is 2.26 bits per heavy atom. The SMILES string of the molecule is CCCCCc1ccccc1OC(C)(C)Cc1ccccc1O. The molecule has 0 aliphatic heterocycles. The maximum atomic E-state index is 9.98. The van der Waals surface area contributed by atoms with Gasteiger partial charge in [0.05, 0.1) is 0 Å². The van der Waals surface area contributed by atoms with Gasteiger partial charge in [-0.15, -0.1) is 0 Å². The third-order valence-corrected chi connectivity index (χ3v) is 4.02. The van der Waals surface area contributed by atoms with Crippen molar-refractivity contribution in [3.8, 4) is 11.5 Å². The highest BCUT2D eigenvalue weighted by molar-refractivity contribution is 5.36. The second-order valence-corrected chi connectivity index (χ2v) is 6.73. The van der Waals surface area contributed by atoms with E-state index in [9.17, 15) is 5.11 Å². The lowest BCUT2D eigenvalue weighted by molar-refractivity contribution is 0.108. The van der Waals surface area contributed by atoms with Crippen LogP contribution < -0.4 is 4.74 Å². The molecule has 0 aromatic heterocycles. The molecular formula is C21H28O2. The van der Waals surface area contributed by atoms with Crippen molar-refractivity contribution in [1.29, 1.82) is 0 Å². The lowest BCUT2D eigenvalue weighted by Gasteiger charge is -2.28. The zero-order chi connectivity index (χ0) is 16.7. The van der Waals surface area contributed by atoms with Crippen LogP contribution in [0.5, 0.6) is 11.5 Å². The monoisotopic (exact) mass is 312 g/mol. The summed E-state index contributed by atoms with van der Waals surface area (Å²) in [6, 6.07) is 15.8. The van der Waals surface area contributed by atoms with Crippen LogP contribution in [0.2, 0.25) is 0 Å². The summed E-state index contributed by atoms with van der Waals surface area (Å²) in [5.41, 5.74) is 1.81. The van der Waals surface area contributed by atoms with Crippen molar-refractivity contribution in [2.45, 2.75) is 58.5 Å². The van der Waals surface area contributed by atoms with Crippen molar-refractivity contribution in [2.24, 2.45) is 0 Å². The van der Waals surface area contributed by atoms with Crippen molar-refractivity contribution in [3.05, 3.63) is 59.7 Å². The van der Waals surface area contributed by atoms with Crippen molar-refractivity contribution in [2.75, 3.05) is 0 Å². The lowest BCUT2D eigenvalue weighted by atomic mass is 9.97. The van der Waals surface area contributed by atoms with Crippen LogP contribution in [0, 0.1) is 0 Å². The quantitative estimate of drug-likeness (QED) is 0.650. The predicted octanol–water partition coefficient (Wildman–Crippen LogP) is 5.53. The highest BCUT2D eigenvalue weighted by Crippen LogP contribution is 2.29. The minimum Gasteiger partial charge on any atom is -0.508 e. The maximum absolute atomic E-state index is 9.98. The Balaban J connectivity index is 2.09. The second-order valence-electron chi connectivity index (χ2n) is 6.73. The molecule has 0 unspecified atom stereocenters. The molecule has 1 N–H and O–H groups in total. The van der Waals surface area contributed by atoms with E-state index in [0.29, 0.717) is 12.2 Å². The fourth-order valence-electron chi connectivity index (χ4n) is 2.83. The number of aryl methyl sites for hydroxylation is 1. The summed E-state index contributed by atoms with van der Waals surface area (Å²) >= 11 is 0. The molecule has 124 valence electrons. The first kappa shape index (κ1) is 17.4.